The van der Waals surface area contributed by atoms with Gasteiger partial charge in [-0.2, -0.15) is 0 Å². The highest BCUT2D eigenvalue weighted by Gasteiger charge is 2.14. The Hall–Kier alpha value is -0.463. The van der Waals surface area contributed by atoms with Crippen LogP contribution in [0.15, 0.2) is 16.0 Å². The third-order valence-electron chi connectivity index (χ3n) is 2.51. The van der Waals surface area contributed by atoms with Crippen LogP contribution in [0.3, 0.4) is 0 Å². The van der Waals surface area contributed by atoms with E-state index in [2.05, 4.69) is 55.7 Å². The maximum atomic E-state index is 4.33. The molecule has 0 amide bonds. The van der Waals surface area contributed by atoms with Crippen molar-refractivity contribution in [2.45, 2.75) is 58.3 Å². The van der Waals surface area contributed by atoms with Gasteiger partial charge in [0, 0.05) is 21.0 Å². The molecule has 0 aromatic heterocycles. The molecule has 0 fully saturated rings. The van der Waals surface area contributed by atoms with Gasteiger partial charge in [0.05, 0.1) is 6.21 Å². The Morgan fingerprint density at radius 3 is 2.63 bits per heavy atom. The number of hydrogen-bond acceptors (Lipinski definition) is 2. The smallest absolute Gasteiger partial charge is 0.0711 e. The highest BCUT2D eigenvalue weighted by Crippen LogP contribution is 2.24. The highest BCUT2D eigenvalue weighted by molar-refractivity contribution is 8.02. The number of nitrogens with zero attached hydrogens (tertiary/aromatic N) is 1. The van der Waals surface area contributed by atoms with Gasteiger partial charge in [-0.05, 0) is 30.0 Å². The molecule has 0 N–H and O–H groups in total. The van der Waals surface area contributed by atoms with Crippen LogP contribution in [0.1, 0.15) is 32.6 Å². The summed E-state index contributed by atoms with van der Waals surface area (Å²) in [6.45, 7) is 10.3. The molecule has 0 spiro atoms. The molecule has 0 aliphatic carbocycles. The first-order valence-corrected chi connectivity index (χ1v) is 12.1. The SMILES string of the molecule is CCCCC#CC=NCC/C=C(/C[Si](C)(C)C)SC. The molecule has 0 rings (SSSR count). The molecule has 0 bridgehead atoms. The van der Waals surface area contributed by atoms with Crippen LogP contribution in [0.2, 0.25) is 25.7 Å². The molecule has 0 saturated heterocycles. The lowest BCUT2D eigenvalue weighted by atomic mass is 10.2. The lowest BCUT2D eigenvalue weighted by Crippen LogP contribution is -2.19. The van der Waals surface area contributed by atoms with Crippen LogP contribution >= 0.6 is 11.8 Å². The predicted molar refractivity (Wildman–Crippen MR) is 95.0 cm³/mol. The second-order valence-corrected chi connectivity index (χ2v) is 12.3. The minimum atomic E-state index is -0.985. The minimum absolute atomic E-state index is 0.859. The fourth-order valence-corrected chi connectivity index (χ4v) is 4.89. The van der Waals surface area contributed by atoms with Crippen LogP contribution in [-0.4, -0.2) is 27.1 Å². The van der Waals surface area contributed by atoms with Gasteiger partial charge in [0.25, 0.3) is 0 Å². The summed E-state index contributed by atoms with van der Waals surface area (Å²) in [5.41, 5.74) is 0. The molecule has 0 aliphatic heterocycles. The zero-order chi connectivity index (χ0) is 14.6. The Morgan fingerprint density at radius 1 is 1.32 bits per heavy atom. The van der Waals surface area contributed by atoms with Gasteiger partial charge in [-0.1, -0.05) is 50.9 Å². The summed E-state index contributed by atoms with van der Waals surface area (Å²) >= 11 is 1.89. The summed E-state index contributed by atoms with van der Waals surface area (Å²) in [4.78, 5) is 5.86. The van der Waals surface area contributed by atoms with Crippen LogP contribution in [0.4, 0.5) is 0 Å². The third kappa shape index (κ3) is 13.8. The Morgan fingerprint density at radius 2 is 2.05 bits per heavy atom. The van der Waals surface area contributed by atoms with Crippen molar-refractivity contribution >= 4 is 26.1 Å². The van der Waals surface area contributed by atoms with E-state index in [1.54, 1.807) is 6.21 Å². The molecular formula is C16H29NSSi. The van der Waals surface area contributed by atoms with Crippen LogP contribution in [0.25, 0.3) is 0 Å². The zero-order valence-corrected chi connectivity index (χ0v) is 15.1. The summed E-state index contributed by atoms with van der Waals surface area (Å²) in [5.74, 6) is 6.11. The molecular weight excluding hydrogens is 266 g/mol. The molecule has 0 unspecified atom stereocenters. The summed E-state index contributed by atoms with van der Waals surface area (Å²) < 4.78 is 0. The minimum Gasteiger partial charge on any atom is -0.284 e. The largest absolute Gasteiger partial charge is 0.284 e. The molecule has 3 heteroatoms. The van der Waals surface area contributed by atoms with Crippen molar-refractivity contribution in [1.82, 2.24) is 0 Å². The van der Waals surface area contributed by atoms with E-state index in [1.165, 1.54) is 23.8 Å². The first-order chi connectivity index (χ1) is 8.99. The molecule has 19 heavy (non-hydrogen) atoms. The highest BCUT2D eigenvalue weighted by atomic mass is 32.2. The van der Waals surface area contributed by atoms with Crippen molar-refractivity contribution in [2.75, 3.05) is 12.8 Å². The van der Waals surface area contributed by atoms with Gasteiger partial charge < -0.3 is 0 Å². The van der Waals surface area contributed by atoms with Gasteiger partial charge in [0.15, 0.2) is 0 Å². The van der Waals surface area contributed by atoms with Crippen molar-refractivity contribution in [1.29, 1.82) is 0 Å². The van der Waals surface area contributed by atoms with E-state index in [0.29, 0.717) is 0 Å². The molecule has 108 valence electrons. The van der Waals surface area contributed by atoms with E-state index in [9.17, 15) is 0 Å². The maximum Gasteiger partial charge on any atom is 0.0711 e. The van der Waals surface area contributed by atoms with Gasteiger partial charge in [-0.25, -0.2) is 0 Å². The van der Waals surface area contributed by atoms with Gasteiger partial charge in [0.1, 0.15) is 0 Å². The van der Waals surface area contributed by atoms with E-state index >= 15 is 0 Å². The fraction of sp³-hybridized carbons (Fsp3) is 0.688. The summed E-state index contributed by atoms with van der Waals surface area (Å²) in [6.07, 6.45) is 10.7. The van der Waals surface area contributed by atoms with Crippen molar-refractivity contribution in [3.05, 3.63) is 11.0 Å². The average molecular weight is 296 g/mol. The molecule has 0 saturated carbocycles. The van der Waals surface area contributed by atoms with Crippen molar-refractivity contribution in [3.63, 3.8) is 0 Å². The summed E-state index contributed by atoms with van der Waals surface area (Å²) in [5, 5.41) is 0. The van der Waals surface area contributed by atoms with E-state index in [4.69, 9.17) is 0 Å². The first kappa shape index (κ1) is 18.5. The van der Waals surface area contributed by atoms with Crippen molar-refractivity contribution in [2.24, 2.45) is 4.99 Å². The fourth-order valence-electron chi connectivity index (χ4n) is 1.54. The van der Waals surface area contributed by atoms with Crippen LogP contribution in [-0.2, 0) is 0 Å². The van der Waals surface area contributed by atoms with E-state index in [1.807, 2.05) is 11.8 Å². The number of rotatable bonds is 8. The lowest BCUT2D eigenvalue weighted by Gasteiger charge is -2.16. The number of hydrogen-bond donors (Lipinski definition) is 0. The topological polar surface area (TPSA) is 12.4 Å². The number of unbranched alkanes of at least 4 members (excludes halogenated alkanes) is 2. The van der Waals surface area contributed by atoms with Gasteiger partial charge in [-0.3, -0.25) is 4.99 Å². The third-order valence-corrected chi connectivity index (χ3v) is 5.04. The Balaban J connectivity index is 3.91. The molecule has 1 nitrogen and oxygen atoms in total. The van der Waals surface area contributed by atoms with Gasteiger partial charge >= 0.3 is 0 Å². The van der Waals surface area contributed by atoms with Crippen LogP contribution in [0.5, 0.6) is 0 Å². The van der Waals surface area contributed by atoms with Crippen LogP contribution < -0.4 is 0 Å². The zero-order valence-electron chi connectivity index (χ0n) is 13.3. The van der Waals surface area contributed by atoms with Crippen molar-refractivity contribution in [3.8, 4) is 11.8 Å². The molecule has 0 atom stereocenters. The average Bonchev–Trinajstić information content (AvgIpc) is 2.34. The number of allylic oxidation sites excluding steroid dienone is 1. The molecule has 0 heterocycles. The summed E-state index contributed by atoms with van der Waals surface area (Å²) in [7, 11) is -0.985. The number of aliphatic imine (C=N–C) groups is 1. The maximum absolute atomic E-state index is 4.33. The lowest BCUT2D eigenvalue weighted by molar-refractivity contribution is 0.828. The second-order valence-electron chi connectivity index (χ2n) is 5.86. The van der Waals surface area contributed by atoms with E-state index in [-0.39, 0.29) is 0 Å². The monoisotopic (exact) mass is 295 g/mol. The normalized spacial score (nSPS) is 12.6. The predicted octanol–water partition coefficient (Wildman–Crippen LogP) is 5.23. The Labute approximate surface area is 125 Å². The molecule has 0 aromatic carbocycles. The molecule has 0 radical (unpaired) electrons. The Kier molecular flexibility index (Phi) is 11.1. The quantitative estimate of drug-likeness (QED) is 0.259. The first-order valence-electron chi connectivity index (χ1n) is 7.19. The van der Waals surface area contributed by atoms with Gasteiger partial charge in [-0.15, -0.1) is 11.8 Å². The van der Waals surface area contributed by atoms with Crippen LogP contribution in [0, 0.1) is 11.8 Å². The molecule has 0 aliphatic rings. The standard InChI is InChI=1S/C16H29NSSi/c1-6-7-8-9-10-13-17-14-11-12-16(18-2)15-19(3,4)5/h12-13H,6-8,11,14-15H2,1-5H3/b16-12-,17-13?. The van der Waals surface area contributed by atoms with E-state index in [0.717, 1.165) is 19.4 Å². The van der Waals surface area contributed by atoms with Gasteiger partial charge in [0.2, 0.25) is 0 Å². The van der Waals surface area contributed by atoms with Crippen molar-refractivity contribution < 1.29 is 0 Å². The summed E-state index contributed by atoms with van der Waals surface area (Å²) in [6, 6.07) is 1.29. The van der Waals surface area contributed by atoms with E-state index < -0.39 is 8.07 Å². The Bertz CT molecular complexity index is 342. The second kappa shape index (κ2) is 11.4. The molecule has 0 aromatic rings. The number of thioether (sulfide) groups is 1.